The number of hydrogen-bond acceptors (Lipinski definition) is 3. The fraction of sp³-hybridized carbons (Fsp3) is 0.588. The maximum atomic E-state index is 12.0. The Morgan fingerprint density at radius 3 is 2.23 bits per heavy atom. The van der Waals surface area contributed by atoms with E-state index in [4.69, 9.17) is 10.5 Å². The summed E-state index contributed by atoms with van der Waals surface area (Å²) in [5.74, 6) is -1.06. The quantitative estimate of drug-likeness (QED) is 0.405. The van der Waals surface area contributed by atoms with E-state index in [1.807, 2.05) is 6.92 Å². The molecule has 0 aliphatic heterocycles. The Labute approximate surface area is 134 Å². The summed E-state index contributed by atoms with van der Waals surface area (Å²) in [4.78, 5) is 23.1. The molecular formula is C17H26NO3P. The van der Waals surface area contributed by atoms with Gasteiger partial charge in [0.2, 0.25) is 0 Å². The molecule has 0 radical (unpaired) electrons. The Morgan fingerprint density at radius 2 is 1.86 bits per heavy atom. The summed E-state index contributed by atoms with van der Waals surface area (Å²) in [6, 6.07) is 0. The maximum Gasteiger partial charge on any atom is 0.311 e. The van der Waals surface area contributed by atoms with E-state index in [2.05, 4.69) is 15.8 Å². The normalized spacial score (nSPS) is 23.1. The molecule has 0 bridgehead atoms. The van der Waals surface area contributed by atoms with Crippen molar-refractivity contribution in [2.45, 2.75) is 46.5 Å². The van der Waals surface area contributed by atoms with Gasteiger partial charge in [-0.2, -0.15) is 0 Å². The van der Waals surface area contributed by atoms with E-state index in [0.717, 1.165) is 23.7 Å². The Kier molecular flexibility index (Phi) is 6.67. The number of aliphatic carboxylic acids is 1. The minimum Gasteiger partial charge on any atom is -0.481 e. The van der Waals surface area contributed by atoms with E-state index in [1.54, 1.807) is 13.8 Å². The molecule has 1 rings (SSSR count). The summed E-state index contributed by atoms with van der Waals surface area (Å²) in [6.07, 6.45) is 2.30. The zero-order valence-corrected chi connectivity index (χ0v) is 14.8. The monoisotopic (exact) mass is 323 g/mol. The lowest BCUT2D eigenvalue weighted by atomic mass is 9.68. The van der Waals surface area contributed by atoms with Crippen LogP contribution in [0.4, 0.5) is 0 Å². The highest BCUT2D eigenvalue weighted by molar-refractivity contribution is 7.22. The van der Waals surface area contributed by atoms with E-state index >= 15 is 0 Å². The maximum absolute atomic E-state index is 12.0. The van der Waals surface area contributed by atoms with E-state index in [0.29, 0.717) is 29.5 Å². The van der Waals surface area contributed by atoms with Gasteiger partial charge in [0.05, 0.1) is 5.92 Å². The first-order chi connectivity index (χ1) is 10.1. The molecule has 1 aliphatic rings. The SMILES string of the molecule is C=C(C)C(CC(=O)CC1CC(C(C(C)=N)=C(C)P)C1)C(=O)O. The first-order valence-electron chi connectivity index (χ1n) is 7.55. The summed E-state index contributed by atoms with van der Waals surface area (Å²) in [7, 11) is 2.66. The summed E-state index contributed by atoms with van der Waals surface area (Å²) >= 11 is 0. The van der Waals surface area contributed by atoms with Crippen LogP contribution in [0.15, 0.2) is 23.0 Å². The number of hydrogen-bond donors (Lipinski definition) is 2. The molecule has 0 aromatic carbocycles. The van der Waals surface area contributed by atoms with Gasteiger partial charge in [-0.3, -0.25) is 9.59 Å². The van der Waals surface area contributed by atoms with Crippen LogP contribution in [0, 0.1) is 23.2 Å². The van der Waals surface area contributed by atoms with Crippen LogP contribution in [0.5, 0.6) is 0 Å². The third-order valence-corrected chi connectivity index (χ3v) is 4.62. The molecule has 1 aliphatic carbocycles. The fourth-order valence-corrected chi connectivity index (χ4v) is 3.62. The van der Waals surface area contributed by atoms with Gasteiger partial charge < -0.3 is 10.5 Å². The first-order valence-corrected chi connectivity index (χ1v) is 8.12. The Hall–Kier alpha value is -1.28. The summed E-state index contributed by atoms with van der Waals surface area (Å²) < 4.78 is 0. The third kappa shape index (κ3) is 4.88. The number of carboxylic acid groups (broad SMARTS) is 1. The molecular weight excluding hydrogens is 297 g/mol. The van der Waals surface area contributed by atoms with Crippen molar-refractivity contribution in [3.8, 4) is 0 Å². The lowest BCUT2D eigenvalue weighted by Gasteiger charge is -2.37. The number of carbonyl (C=O) groups excluding carboxylic acids is 1. The van der Waals surface area contributed by atoms with Crippen molar-refractivity contribution in [3.05, 3.63) is 23.0 Å². The average molecular weight is 323 g/mol. The Bertz CT molecular complexity index is 512. The second-order valence-corrected chi connectivity index (χ2v) is 7.31. The zero-order chi connectivity index (χ0) is 17.0. The molecule has 0 heterocycles. The standard InChI is InChI=1S/C17H26NO3P/c1-9(2)15(17(20)21)8-14(19)7-12-5-13(6-12)16(10(3)18)11(4)22/h12-13,15,18H,1,5-8,22H2,2-4H3,(H,20,21). The van der Waals surface area contributed by atoms with Crippen molar-refractivity contribution in [2.75, 3.05) is 0 Å². The van der Waals surface area contributed by atoms with E-state index in [9.17, 15) is 9.59 Å². The average Bonchev–Trinajstić information content (AvgIpc) is 2.31. The molecule has 22 heavy (non-hydrogen) atoms. The van der Waals surface area contributed by atoms with Crippen LogP contribution in [-0.4, -0.2) is 22.6 Å². The van der Waals surface area contributed by atoms with Crippen molar-refractivity contribution < 1.29 is 14.7 Å². The number of ketones is 1. The predicted molar refractivity (Wildman–Crippen MR) is 92.2 cm³/mol. The zero-order valence-electron chi connectivity index (χ0n) is 13.6. The molecule has 1 saturated carbocycles. The minimum atomic E-state index is -0.976. The molecule has 0 spiro atoms. The lowest BCUT2D eigenvalue weighted by Crippen LogP contribution is -2.30. The van der Waals surface area contributed by atoms with Crippen LogP contribution in [-0.2, 0) is 9.59 Å². The van der Waals surface area contributed by atoms with Gasteiger partial charge in [-0.15, -0.1) is 9.24 Å². The summed E-state index contributed by atoms with van der Waals surface area (Å²) in [5.41, 5.74) is 2.20. The van der Waals surface area contributed by atoms with Gasteiger partial charge in [-0.05, 0) is 51.0 Å². The van der Waals surface area contributed by atoms with Crippen molar-refractivity contribution >= 4 is 26.7 Å². The molecule has 2 unspecified atom stereocenters. The topological polar surface area (TPSA) is 78.2 Å². The molecule has 0 saturated heterocycles. The molecule has 5 heteroatoms. The van der Waals surface area contributed by atoms with Crippen molar-refractivity contribution in [1.82, 2.24) is 0 Å². The second-order valence-electron chi connectivity index (χ2n) is 6.44. The molecule has 1 fully saturated rings. The molecule has 0 amide bonds. The van der Waals surface area contributed by atoms with Gasteiger partial charge in [0.25, 0.3) is 0 Å². The van der Waals surface area contributed by atoms with Crippen LogP contribution in [0.1, 0.15) is 46.5 Å². The van der Waals surface area contributed by atoms with Crippen molar-refractivity contribution in [1.29, 1.82) is 5.41 Å². The van der Waals surface area contributed by atoms with Gasteiger partial charge in [-0.1, -0.05) is 17.5 Å². The van der Waals surface area contributed by atoms with Gasteiger partial charge in [0, 0.05) is 18.6 Å². The van der Waals surface area contributed by atoms with Gasteiger partial charge >= 0.3 is 5.97 Å². The summed E-state index contributed by atoms with van der Waals surface area (Å²) in [6.45, 7) is 9.09. The molecule has 0 aromatic heterocycles. The van der Waals surface area contributed by atoms with Crippen molar-refractivity contribution in [2.24, 2.45) is 17.8 Å². The second kappa shape index (κ2) is 7.82. The number of nitrogens with one attached hydrogen (secondary N) is 1. The number of allylic oxidation sites excluding steroid dienone is 2. The fourth-order valence-electron chi connectivity index (χ4n) is 3.17. The van der Waals surface area contributed by atoms with Crippen molar-refractivity contribution in [3.63, 3.8) is 0 Å². The van der Waals surface area contributed by atoms with Gasteiger partial charge in [0.1, 0.15) is 5.78 Å². The van der Waals surface area contributed by atoms with Crippen LogP contribution in [0.25, 0.3) is 0 Å². The smallest absolute Gasteiger partial charge is 0.311 e. The molecule has 2 N–H and O–H groups in total. The van der Waals surface area contributed by atoms with E-state index < -0.39 is 11.9 Å². The Morgan fingerprint density at radius 1 is 1.32 bits per heavy atom. The molecule has 0 aromatic rings. The lowest BCUT2D eigenvalue weighted by molar-refractivity contribution is -0.142. The van der Waals surface area contributed by atoms with Crippen LogP contribution in [0.2, 0.25) is 0 Å². The third-order valence-electron chi connectivity index (χ3n) is 4.31. The summed E-state index contributed by atoms with van der Waals surface area (Å²) in [5, 5.41) is 18.0. The largest absolute Gasteiger partial charge is 0.481 e. The number of carboxylic acids is 1. The number of rotatable bonds is 8. The number of carbonyl (C=O) groups is 2. The highest BCUT2D eigenvalue weighted by Gasteiger charge is 2.34. The van der Waals surface area contributed by atoms with Gasteiger partial charge in [-0.25, -0.2) is 0 Å². The number of Topliss-reactive ketones (excluding diaryl/α,β-unsaturated/α-hetero) is 1. The van der Waals surface area contributed by atoms with Crippen LogP contribution in [0.3, 0.4) is 0 Å². The molecule has 2 atom stereocenters. The minimum absolute atomic E-state index is 0.00134. The highest BCUT2D eigenvalue weighted by Crippen LogP contribution is 2.43. The highest BCUT2D eigenvalue weighted by atomic mass is 31.0. The van der Waals surface area contributed by atoms with Crippen LogP contribution >= 0.6 is 9.24 Å². The van der Waals surface area contributed by atoms with E-state index in [-0.39, 0.29) is 12.2 Å². The Balaban J connectivity index is 2.51. The molecule has 4 nitrogen and oxygen atoms in total. The van der Waals surface area contributed by atoms with Crippen LogP contribution < -0.4 is 0 Å². The van der Waals surface area contributed by atoms with Gasteiger partial charge in [0.15, 0.2) is 0 Å². The first kappa shape index (κ1) is 18.8. The predicted octanol–water partition coefficient (Wildman–Crippen LogP) is 3.83. The molecule has 122 valence electrons. The van der Waals surface area contributed by atoms with E-state index in [1.165, 1.54) is 0 Å².